The monoisotopic (exact) mass is 635 g/mol. The Labute approximate surface area is 274 Å². The molecule has 0 aromatic heterocycles. The van der Waals surface area contributed by atoms with Crippen molar-refractivity contribution in [1.82, 2.24) is 4.90 Å². The third kappa shape index (κ3) is 11.0. The van der Waals surface area contributed by atoms with Gasteiger partial charge in [0, 0.05) is 50.9 Å². The van der Waals surface area contributed by atoms with E-state index in [4.69, 9.17) is 23.7 Å². The van der Waals surface area contributed by atoms with Crippen molar-refractivity contribution in [2.75, 3.05) is 28.3 Å². The highest BCUT2D eigenvalue weighted by atomic mass is 16.7. The Morgan fingerprint density at radius 1 is 0.933 bits per heavy atom. The summed E-state index contributed by atoms with van der Waals surface area (Å²) in [5, 5.41) is 0. The van der Waals surface area contributed by atoms with Crippen LogP contribution >= 0.6 is 0 Å². The molecule has 0 aromatic carbocycles. The lowest BCUT2D eigenvalue weighted by Crippen LogP contribution is -2.56. The van der Waals surface area contributed by atoms with Gasteiger partial charge >= 0.3 is 5.97 Å². The van der Waals surface area contributed by atoms with Gasteiger partial charge in [-0.1, -0.05) is 66.2 Å². The zero-order valence-corrected chi connectivity index (χ0v) is 30.6. The van der Waals surface area contributed by atoms with E-state index in [2.05, 4.69) is 73.5 Å². The summed E-state index contributed by atoms with van der Waals surface area (Å²) >= 11 is 0. The van der Waals surface area contributed by atoms with Gasteiger partial charge in [-0.2, -0.15) is 0 Å². The number of ketones is 1. The van der Waals surface area contributed by atoms with Gasteiger partial charge in [0.2, 0.25) is 0 Å². The molecule has 45 heavy (non-hydrogen) atoms. The maximum absolute atomic E-state index is 13.5. The molecule has 0 aromatic rings. The maximum atomic E-state index is 13.5. The highest BCUT2D eigenvalue weighted by molar-refractivity contribution is 5.91. The number of carbonyl (C=O) groups excluding carboxylic acids is 2. The predicted octanol–water partition coefficient (Wildman–Crippen LogP) is 7.07. The van der Waals surface area contributed by atoms with Crippen LogP contribution in [0.3, 0.4) is 0 Å². The summed E-state index contributed by atoms with van der Waals surface area (Å²) in [7, 11) is 7.51. The number of nitrogens with zero attached hydrogens (tertiary/aromatic N) is 1. The number of allylic oxidation sites excluding steroid dienone is 3. The second-order valence-corrected chi connectivity index (χ2v) is 14.2. The van der Waals surface area contributed by atoms with Crippen LogP contribution in [0.2, 0.25) is 0 Å². The standard InChI is InChI=1S/C37H65NO7/c1-14-29-18-22(3)16-17-31(39)24(5)19-30(21-34(41-12)42-13)36(25(6)23(4)20-33(40)44-32(29)15-2)45-37-27(8)35(38(10)11)26(7)28(9)43-37/h16-18,23-30,32,34-37H,14-15,19-21H2,1-13H3/b17-16+,22-18+/t23-,24-,25+,26-,27-,28-,29+,30-,32-,35+,36-,37+/m1/s1. The van der Waals surface area contributed by atoms with E-state index in [9.17, 15) is 9.59 Å². The molecule has 8 heteroatoms. The fourth-order valence-corrected chi connectivity index (χ4v) is 7.49. The molecule has 260 valence electrons. The number of hydrogen-bond acceptors (Lipinski definition) is 8. The Morgan fingerprint density at radius 2 is 1.58 bits per heavy atom. The minimum Gasteiger partial charge on any atom is -0.462 e. The van der Waals surface area contributed by atoms with Crippen molar-refractivity contribution in [2.24, 2.45) is 41.4 Å². The first-order valence-electron chi connectivity index (χ1n) is 17.3. The van der Waals surface area contributed by atoms with Gasteiger partial charge < -0.3 is 28.6 Å². The van der Waals surface area contributed by atoms with Crippen LogP contribution in [-0.4, -0.2) is 81.9 Å². The lowest BCUT2D eigenvalue weighted by atomic mass is 9.76. The number of hydrogen-bond donors (Lipinski definition) is 0. The molecule has 2 aliphatic heterocycles. The first kappa shape index (κ1) is 39.6. The molecule has 2 rings (SSSR count). The van der Waals surface area contributed by atoms with Crippen molar-refractivity contribution in [2.45, 2.75) is 131 Å². The minimum absolute atomic E-state index is 0.0103. The first-order valence-corrected chi connectivity index (χ1v) is 17.3. The molecular formula is C37H65NO7. The topological polar surface area (TPSA) is 83.5 Å². The molecule has 1 fully saturated rings. The number of esters is 1. The van der Waals surface area contributed by atoms with E-state index in [-0.39, 0.29) is 78.0 Å². The molecule has 8 nitrogen and oxygen atoms in total. The van der Waals surface area contributed by atoms with Crippen LogP contribution in [-0.2, 0) is 33.3 Å². The fourth-order valence-electron chi connectivity index (χ4n) is 7.49. The lowest BCUT2D eigenvalue weighted by molar-refractivity contribution is -0.278. The first-order chi connectivity index (χ1) is 21.2. The van der Waals surface area contributed by atoms with Gasteiger partial charge in [-0.15, -0.1) is 0 Å². The predicted molar refractivity (Wildman–Crippen MR) is 180 cm³/mol. The average molecular weight is 636 g/mol. The third-order valence-electron chi connectivity index (χ3n) is 10.6. The van der Waals surface area contributed by atoms with Gasteiger partial charge in [-0.25, -0.2) is 0 Å². The molecule has 0 spiro atoms. The lowest BCUT2D eigenvalue weighted by Gasteiger charge is -2.48. The normalized spacial score (nSPS) is 39.8. The Bertz CT molecular complexity index is 976. The van der Waals surface area contributed by atoms with Crippen LogP contribution in [0.25, 0.3) is 0 Å². The molecule has 0 radical (unpaired) electrons. The van der Waals surface area contributed by atoms with E-state index < -0.39 is 12.6 Å². The Morgan fingerprint density at radius 3 is 2.13 bits per heavy atom. The summed E-state index contributed by atoms with van der Waals surface area (Å²) in [6.45, 7) is 19.0. The van der Waals surface area contributed by atoms with Gasteiger partial charge in [0.15, 0.2) is 18.4 Å². The molecule has 0 N–H and O–H groups in total. The van der Waals surface area contributed by atoms with Crippen molar-refractivity contribution < 1.29 is 33.3 Å². The van der Waals surface area contributed by atoms with Crippen LogP contribution in [0.4, 0.5) is 0 Å². The molecule has 0 bridgehead atoms. The summed E-state index contributed by atoms with van der Waals surface area (Å²) in [6, 6.07) is 0.274. The molecule has 0 saturated carbocycles. The molecule has 2 aliphatic rings. The van der Waals surface area contributed by atoms with Gasteiger partial charge in [0.1, 0.15) is 6.10 Å². The summed E-state index contributed by atoms with van der Waals surface area (Å²) in [5.74, 6) is -0.0204. The molecular weight excluding hydrogens is 570 g/mol. The van der Waals surface area contributed by atoms with Gasteiger partial charge in [-0.05, 0) is 77.0 Å². The highest BCUT2D eigenvalue weighted by Gasteiger charge is 2.45. The van der Waals surface area contributed by atoms with Crippen LogP contribution in [0, 0.1) is 41.4 Å². The fraction of sp³-hybridized carbons (Fsp3) is 0.838. The molecule has 0 aliphatic carbocycles. The SMILES string of the molecule is CC[C@H]1/C=C(C)/C=C/C(=O)[C@H](C)C[C@H](CC(OC)OC)[C@H](O[C@@H]2O[C@H](C)[C@@H](C)[C@H](N(C)C)[C@H]2C)[C@@H](C)[C@H](C)CC(=O)O[C@@H]1CC. The number of methoxy groups -OCH3 is 2. The smallest absolute Gasteiger partial charge is 0.306 e. The van der Waals surface area contributed by atoms with Crippen LogP contribution in [0.1, 0.15) is 94.4 Å². The maximum Gasteiger partial charge on any atom is 0.306 e. The highest BCUT2D eigenvalue weighted by Crippen LogP contribution is 2.39. The van der Waals surface area contributed by atoms with E-state index in [1.165, 1.54) is 0 Å². The van der Waals surface area contributed by atoms with Crippen molar-refractivity contribution in [3.05, 3.63) is 23.8 Å². The molecule has 1 saturated heterocycles. The average Bonchev–Trinajstić information content (AvgIpc) is 2.99. The summed E-state index contributed by atoms with van der Waals surface area (Å²) < 4.78 is 31.2. The largest absolute Gasteiger partial charge is 0.462 e. The van der Waals surface area contributed by atoms with Crippen LogP contribution in [0.5, 0.6) is 0 Å². The number of ether oxygens (including phenoxy) is 5. The zero-order chi connectivity index (χ0) is 34.0. The summed E-state index contributed by atoms with van der Waals surface area (Å²) in [6.07, 6.45) is 7.26. The van der Waals surface area contributed by atoms with Crippen molar-refractivity contribution >= 4 is 11.8 Å². The van der Waals surface area contributed by atoms with E-state index in [0.717, 1.165) is 18.4 Å². The van der Waals surface area contributed by atoms with E-state index in [1.54, 1.807) is 20.3 Å². The molecule has 0 unspecified atom stereocenters. The van der Waals surface area contributed by atoms with Crippen molar-refractivity contribution in [1.29, 1.82) is 0 Å². The Hall–Kier alpha value is -1.58. The summed E-state index contributed by atoms with van der Waals surface area (Å²) in [4.78, 5) is 29.2. The van der Waals surface area contributed by atoms with Gasteiger partial charge in [-0.3, -0.25) is 9.59 Å². The van der Waals surface area contributed by atoms with Crippen molar-refractivity contribution in [3.8, 4) is 0 Å². The zero-order valence-electron chi connectivity index (χ0n) is 30.6. The molecule has 0 amide bonds. The second-order valence-electron chi connectivity index (χ2n) is 14.2. The van der Waals surface area contributed by atoms with Crippen LogP contribution in [0.15, 0.2) is 23.8 Å². The number of carbonyl (C=O) groups is 2. The Kier molecular flexibility index (Phi) is 16.4. The number of cyclic esters (lactones) is 1. The van der Waals surface area contributed by atoms with Gasteiger partial charge in [0.25, 0.3) is 0 Å². The summed E-state index contributed by atoms with van der Waals surface area (Å²) in [5.41, 5.74) is 0.991. The van der Waals surface area contributed by atoms with E-state index in [0.29, 0.717) is 18.8 Å². The third-order valence-corrected chi connectivity index (χ3v) is 10.6. The Balaban J connectivity index is 2.60. The van der Waals surface area contributed by atoms with E-state index in [1.807, 2.05) is 19.9 Å². The number of rotatable bonds is 9. The molecule has 12 atom stereocenters. The van der Waals surface area contributed by atoms with Crippen molar-refractivity contribution in [3.63, 3.8) is 0 Å². The quantitative estimate of drug-likeness (QED) is 0.197. The molecule has 2 heterocycles. The van der Waals surface area contributed by atoms with Crippen LogP contribution < -0.4 is 0 Å². The second kappa shape index (κ2) is 18.7. The van der Waals surface area contributed by atoms with E-state index >= 15 is 0 Å². The minimum atomic E-state index is -0.461. The van der Waals surface area contributed by atoms with Gasteiger partial charge in [0.05, 0.1) is 12.2 Å².